The van der Waals surface area contributed by atoms with Gasteiger partial charge in [-0.25, -0.2) is 27.8 Å². The maximum atomic E-state index is 13.0. The van der Waals surface area contributed by atoms with Gasteiger partial charge in [0.05, 0.1) is 10.5 Å². The number of ether oxygens (including phenoxy) is 1. The van der Waals surface area contributed by atoms with Crippen LogP contribution in [-0.4, -0.2) is 51.4 Å². The minimum atomic E-state index is -5.02. The third-order valence-corrected chi connectivity index (χ3v) is 4.60. The molecule has 2 amide bonds. The number of guanidine groups is 1. The topological polar surface area (TPSA) is 112 Å². The van der Waals surface area contributed by atoms with Crippen molar-refractivity contribution in [2.24, 2.45) is 9.98 Å². The van der Waals surface area contributed by atoms with Crippen LogP contribution >= 0.6 is 0 Å². The van der Waals surface area contributed by atoms with Crippen molar-refractivity contribution >= 4 is 28.4 Å². The number of halogens is 6. The van der Waals surface area contributed by atoms with Gasteiger partial charge in [-0.2, -0.15) is 18.2 Å². The van der Waals surface area contributed by atoms with Gasteiger partial charge in [0, 0.05) is 7.11 Å². The molecule has 0 aromatic heterocycles. The highest BCUT2D eigenvalue weighted by Crippen LogP contribution is 2.33. The molecule has 1 aliphatic rings. The second-order valence-corrected chi connectivity index (χ2v) is 6.84. The number of alkyl halides is 6. The maximum Gasteiger partial charge on any atom is 0.489 e. The highest BCUT2D eigenvalue weighted by molar-refractivity contribution is 7.90. The van der Waals surface area contributed by atoms with E-state index in [1.54, 1.807) is 5.32 Å². The summed E-state index contributed by atoms with van der Waals surface area (Å²) in [5.74, 6) is -0.769. The molecule has 0 fully saturated rings. The molecular formula is C13H11F6N5O4S. The lowest BCUT2D eigenvalue weighted by Gasteiger charge is -2.29. The van der Waals surface area contributed by atoms with Crippen molar-refractivity contribution in [1.29, 1.82) is 0 Å². The van der Waals surface area contributed by atoms with Crippen LogP contribution in [0, 0.1) is 0 Å². The Morgan fingerprint density at radius 3 is 2.34 bits per heavy atom. The van der Waals surface area contributed by atoms with Crippen molar-refractivity contribution in [3.05, 3.63) is 29.8 Å². The molecule has 1 atom stereocenters. The molecule has 0 saturated heterocycles. The summed E-state index contributed by atoms with van der Waals surface area (Å²) in [5.41, 5.74) is -1.52. The Bertz CT molecular complexity index is 944. The van der Waals surface area contributed by atoms with Gasteiger partial charge in [-0.3, -0.25) is 5.32 Å². The Morgan fingerprint density at radius 2 is 1.79 bits per heavy atom. The quantitative estimate of drug-likeness (QED) is 0.543. The van der Waals surface area contributed by atoms with Gasteiger partial charge in [-0.15, -0.1) is 13.2 Å². The van der Waals surface area contributed by atoms with Gasteiger partial charge in [0.25, 0.3) is 10.0 Å². The van der Waals surface area contributed by atoms with E-state index in [1.165, 1.54) is 4.72 Å². The van der Waals surface area contributed by atoms with E-state index in [9.17, 15) is 39.6 Å². The van der Waals surface area contributed by atoms with Gasteiger partial charge in [0.15, 0.2) is 0 Å². The first kappa shape index (κ1) is 22.4. The Morgan fingerprint density at radius 1 is 1.17 bits per heavy atom. The molecule has 29 heavy (non-hydrogen) atoms. The first-order valence-corrected chi connectivity index (χ1v) is 8.74. The third kappa shape index (κ3) is 5.35. The highest BCUT2D eigenvalue weighted by atomic mass is 32.2. The zero-order chi connectivity index (χ0) is 22.0. The van der Waals surface area contributed by atoms with Crippen molar-refractivity contribution in [3.63, 3.8) is 0 Å². The first-order chi connectivity index (χ1) is 13.3. The molecule has 1 unspecified atom stereocenters. The fraction of sp³-hybridized carbons (Fsp3) is 0.308. The van der Waals surface area contributed by atoms with Crippen LogP contribution in [0.15, 0.2) is 39.1 Å². The number of urea groups is 1. The van der Waals surface area contributed by atoms with E-state index in [2.05, 4.69) is 14.7 Å². The number of nitrogens with one attached hydrogen (secondary N) is 2. The van der Waals surface area contributed by atoms with Crippen molar-refractivity contribution in [2.75, 3.05) is 7.11 Å². The number of carbonyl (C=O) groups is 1. The number of amides is 2. The van der Waals surface area contributed by atoms with Crippen LogP contribution in [0.3, 0.4) is 0 Å². The summed E-state index contributed by atoms with van der Waals surface area (Å²) in [4.78, 5) is 16.7. The summed E-state index contributed by atoms with van der Waals surface area (Å²) >= 11 is 0. The molecule has 1 aromatic rings. The summed E-state index contributed by atoms with van der Waals surface area (Å²) in [5, 5.41) is 1.71. The van der Waals surface area contributed by atoms with Gasteiger partial charge in [0.1, 0.15) is 6.34 Å². The molecule has 0 saturated carbocycles. The molecule has 2 rings (SSSR count). The SMILES string of the molecule is COC1N=C(NC(=O)NS(=O)(=O)c2ccccc2C(F)(F)F)N=CN1C(F)(F)F. The number of hydrogen-bond acceptors (Lipinski definition) is 7. The maximum absolute atomic E-state index is 13.0. The smallest absolute Gasteiger partial charge is 0.342 e. The predicted octanol–water partition coefficient (Wildman–Crippen LogP) is 1.84. The molecule has 0 bridgehead atoms. The zero-order valence-corrected chi connectivity index (χ0v) is 14.9. The summed E-state index contributed by atoms with van der Waals surface area (Å²) < 4.78 is 107. The molecule has 9 nitrogen and oxygen atoms in total. The molecule has 16 heteroatoms. The van der Waals surface area contributed by atoms with Crippen LogP contribution in [-0.2, 0) is 20.9 Å². The number of aliphatic imine (C=N–C) groups is 2. The van der Waals surface area contributed by atoms with E-state index in [4.69, 9.17) is 0 Å². The lowest BCUT2D eigenvalue weighted by Crippen LogP contribution is -2.50. The van der Waals surface area contributed by atoms with Gasteiger partial charge in [0.2, 0.25) is 12.3 Å². The van der Waals surface area contributed by atoms with Crippen LogP contribution in [0.1, 0.15) is 5.56 Å². The Hall–Kier alpha value is -2.88. The summed E-state index contributed by atoms with van der Waals surface area (Å²) in [6, 6.07) is 1.47. The molecule has 0 spiro atoms. The van der Waals surface area contributed by atoms with Crippen LogP contribution in [0.2, 0.25) is 0 Å². The van der Waals surface area contributed by atoms with E-state index in [-0.39, 0.29) is 11.2 Å². The van der Waals surface area contributed by atoms with Crippen LogP contribution in [0.5, 0.6) is 0 Å². The highest BCUT2D eigenvalue weighted by Gasteiger charge is 2.42. The molecule has 160 valence electrons. The molecule has 0 radical (unpaired) electrons. The Kier molecular flexibility index (Phi) is 6.07. The van der Waals surface area contributed by atoms with E-state index in [0.717, 1.165) is 19.2 Å². The van der Waals surface area contributed by atoms with Crippen molar-refractivity contribution in [1.82, 2.24) is 14.9 Å². The largest absolute Gasteiger partial charge is 0.489 e. The number of benzene rings is 1. The standard InChI is InChI=1S/C13H11F6N5O4S/c1-28-11-22-9(20-6-24(11)13(17,18)19)21-10(25)23-29(26,27)8-5-3-2-4-7(8)12(14,15)16/h2-6,11H,1H3,(H2,21,22,23,25). The molecule has 1 aliphatic heterocycles. The van der Waals surface area contributed by atoms with Crippen molar-refractivity contribution in [2.45, 2.75) is 23.7 Å². The number of rotatable bonds is 3. The number of methoxy groups -OCH3 is 1. The van der Waals surface area contributed by atoms with Gasteiger partial charge in [-0.1, -0.05) is 12.1 Å². The summed E-state index contributed by atoms with van der Waals surface area (Å²) in [6.45, 7) is 0. The number of carbonyl (C=O) groups excluding carboxylic acids is 1. The van der Waals surface area contributed by atoms with Crippen LogP contribution in [0.25, 0.3) is 0 Å². The molecular weight excluding hydrogens is 436 g/mol. The van der Waals surface area contributed by atoms with Crippen molar-refractivity contribution in [3.8, 4) is 0 Å². The fourth-order valence-corrected chi connectivity index (χ4v) is 3.17. The van der Waals surface area contributed by atoms with Gasteiger partial charge >= 0.3 is 18.5 Å². The number of hydrogen-bond donors (Lipinski definition) is 2. The Balaban J connectivity index is 2.18. The average molecular weight is 447 g/mol. The third-order valence-electron chi connectivity index (χ3n) is 3.21. The van der Waals surface area contributed by atoms with E-state index in [0.29, 0.717) is 12.1 Å². The minimum absolute atomic E-state index is 0.226. The van der Waals surface area contributed by atoms with Gasteiger partial charge < -0.3 is 4.74 Å². The summed E-state index contributed by atoms with van der Waals surface area (Å²) in [6.07, 6.45) is -11.7. The second kappa shape index (κ2) is 7.86. The minimum Gasteiger partial charge on any atom is -0.342 e. The molecule has 2 N–H and O–H groups in total. The van der Waals surface area contributed by atoms with Gasteiger partial charge in [-0.05, 0) is 12.1 Å². The molecule has 1 aromatic carbocycles. The average Bonchev–Trinajstić information content (AvgIpc) is 2.59. The normalized spacial score (nSPS) is 17.7. The van der Waals surface area contributed by atoms with Crippen LogP contribution < -0.4 is 10.0 Å². The Labute approximate surface area is 159 Å². The number of sulfonamides is 1. The predicted molar refractivity (Wildman–Crippen MR) is 84.9 cm³/mol. The van der Waals surface area contributed by atoms with Crippen molar-refractivity contribution < 1.29 is 44.3 Å². The zero-order valence-electron chi connectivity index (χ0n) is 14.1. The number of nitrogens with zero attached hydrogens (tertiary/aromatic N) is 3. The first-order valence-electron chi connectivity index (χ1n) is 7.25. The van der Waals surface area contributed by atoms with E-state index < -0.39 is 51.3 Å². The van der Waals surface area contributed by atoms with E-state index in [1.807, 2.05) is 0 Å². The molecule has 1 heterocycles. The lowest BCUT2D eigenvalue weighted by molar-refractivity contribution is -0.254. The summed E-state index contributed by atoms with van der Waals surface area (Å²) in [7, 11) is -4.11. The molecule has 0 aliphatic carbocycles. The monoisotopic (exact) mass is 447 g/mol. The lowest BCUT2D eigenvalue weighted by atomic mass is 10.2. The van der Waals surface area contributed by atoms with Crippen LogP contribution in [0.4, 0.5) is 31.1 Å². The van der Waals surface area contributed by atoms with E-state index >= 15 is 0 Å². The fourth-order valence-electron chi connectivity index (χ4n) is 2.03. The second-order valence-electron chi connectivity index (χ2n) is 5.19.